The monoisotopic (exact) mass is 312 g/mol. The first-order valence-corrected chi connectivity index (χ1v) is 8.57. The number of urea groups is 1. The number of hydrogen-bond donors (Lipinski definition) is 1. The molecular formula is C18H24N4O. The molecule has 1 aliphatic heterocycles. The molecular weight excluding hydrogens is 288 g/mol. The highest BCUT2D eigenvalue weighted by molar-refractivity contribution is 5.75. The molecule has 2 amide bonds. The van der Waals surface area contributed by atoms with E-state index >= 15 is 0 Å². The van der Waals surface area contributed by atoms with E-state index in [9.17, 15) is 4.79 Å². The van der Waals surface area contributed by atoms with E-state index in [2.05, 4.69) is 16.3 Å². The average Bonchev–Trinajstić information content (AvgIpc) is 2.63. The van der Waals surface area contributed by atoms with Gasteiger partial charge < -0.3 is 15.1 Å². The van der Waals surface area contributed by atoms with E-state index in [1.165, 1.54) is 19.3 Å². The third-order valence-electron chi connectivity index (χ3n) is 4.86. The Labute approximate surface area is 137 Å². The molecule has 0 radical (unpaired) electrons. The standard InChI is InChI=1S/C18H24N4O/c19-14-15-6-8-17(9-7-15)21-10-12-22(13-11-21)18(23)20-16-4-2-1-3-5-16/h6-9,16H,1-5,10-13H2,(H,20,23). The van der Waals surface area contributed by atoms with Gasteiger partial charge in [-0.15, -0.1) is 0 Å². The smallest absolute Gasteiger partial charge is 0.317 e. The van der Waals surface area contributed by atoms with Crippen LogP contribution in [-0.4, -0.2) is 43.2 Å². The van der Waals surface area contributed by atoms with Crippen molar-refractivity contribution in [3.63, 3.8) is 0 Å². The highest BCUT2D eigenvalue weighted by Crippen LogP contribution is 2.19. The summed E-state index contributed by atoms with van der Waals surface area (Å²) < 4.78 is 0. The highest BCUT2D eigenvalue weighted by atomic mass is 16.2. The lowest BCUT2D eigenvalue weighted by molar-refractivity contribution is 0.186. The van der Waals surface area contributed by atoms with Crippen molar-refractivity contribution >= 4 is 11.7 Å². The molecule has 1 aliphatic carbocycles. The van der Waals surface area contributed by atoms with Gasteiger partial charge in [0, 0.05) is 37.9 Å². The number of nitrogens with zero attached hydrogens (tertiary/aromatic N) is 3. The summed E-state index contributed by atoms with van der Waals surface area (Å²) in [6.45, 7) is 3.17. The molecule has 5 nitrogen and oxygen atoms in total. The van der Waals surface area contributed by atoms with Crippen LogP contribution in [0.25, 0.3) is 0 Å². The molecule has 3 rings (SSSR count). The van der Waals surface area contributed by atoms with Gasteiger partial charge in [0.15, 0.2) is 0 Å². The largest absolute Gasteiger partial charge is 0.368 e. The van der Waals surface area contributed by atoms with E-state index in [0.717, 1.165) is 44.7 Å². The number of nitriles is 1. The van der Waals surface area contributed by atoms with E-state index < -0.39 is 0 Å². The Balaban J connectivity index is 1.49. The van der Waals surface area contributed by atoms with Gasteiger partial charge in [-0.05, 0) is 37.1 Å². The molecule has 0 unspecified atom stereocenters. The van der Waals surface area contributed by atoms with E-state index in [1.807, 2.05) is 29.2 Å². The maximum absolute atomic E-state index is 12.4. The Bertz CT molecular complexity index is 564. The minimum absolute atomic E-state index is 0.0939. The van der Waals surface area contributed by atoms with Crippen molar-refractivity contribution < 1.29 is 4.79 Å². The van der Waals surface area contributed by atoms with Gasteiger partial charge in [0.25, 0.3) is 0 Å². The molecule has 122 valence electrons. The summed E-state index contributed by atoms with van der Waals surface area (Å²) in [4.78, 5) is 16.5. The van der Waals surface area contributed by atoms with E-state index in [4.69, 9.17) is 5.26 Å². The van der Waals surface area contributed by atoms with Crippen molar-refractivity contribution in [2.45, 2.75) is 38.1 Å². The topological polar surface area (TPSA) is 59.4 Å². The first kappa shape index (κ1) is 15.7. The van der Waals surface area contributed by atoms with Crippen LogP contribution >= 0.6 is 0 Å². The summed E-state index contributed by atoms with van der Waals surface area (Å²) in [6.07, 6.45) is 6.01. The summed E-state index contributed by atoms with van der Waals surface area (Å²) in [5, 5.41) is 12.0. The van der Waals surface area contributed by atoms with Crippen LogP contribution in [0.3, 0.4) is 0 Å². The Kier molecular flexibility index (Phi) is 5.02. The lowest BCUT2D eigenvalue weighted by Crippen LogP contribution is -2.53. The predicted molar refractivity (Wildman–Crippen MR) is 90.3 cm³/mol. The number of nitrogens with one attached hydrogen (secondary N) is 1. The summed E-state index contributed by atoms with van der Waals surface area (Å²) in [7, 11) is 0. The fourth-order valence-electron chi connectivity index (χ4n) is 3.43. The average molecular weight is 312 g/mol. The predicted octanol–water partition coefficient (Wildman–Crippen LogP) is 2.72. The van der Waals surface area contributed by atoms with Crippen LogP contribution in [-0.2, 0) is 0 Å². The van der Waals surface area contributed by atoms with Crippen molar-refractivity contribution in [3.05, 3.63) is 29.8 Å². The Morgan fingerprint density at radius 2 is 1.70 bits per heavy atom. The quantitative estimate of drug-likeness (QED) is 0.913. The lowest BCUT2D eigenvalue weighted by Gasteiger charge is -2.37. The first-order valence-electron chi connectivity index (χ1n) is 8.57. The van der Waals surface area contributed by atoms with E-state index in [0.29, 0.717) is 11.6 Å². The molecule has 5 heteroatoms. The van der Waals surface area contributed by atoms with Crippen LogP contribution in [0.15, 0.2) is 24.3 Å². The number of piperazine rings is 1. The second-order valence-corrected chi connectivity index (χ2v) is 6.42. The van der Waals surface area contributed by atoms with Crippen molar-refractivity contribution in [3.8, 4) is 6.07 Å². The van der Waals surface area contributed by atoms with Gasteiger partial charge in [0.1, 0.15) is 0 Å². The molecule has 2 aliphatic rings. The Hall–Kier alpha value is -2.22. The Morgan fingerprint density at radius 1 is 1.04 bits per heavy atom. The van der Waals surface area contributed by atoms with Gasteiger partial charge in [-0.3, -0.25) is 0 Å². The van der Waals surface area contributed by atoms with Crippen LogP contribution in [0.4, 0.5) is 10.5 Å². The van der Waals surface area contributed by atoms with Gasteiger partial charge in [-0.25, -0.2) is 4.79 Å². The zero-order valence-corrected chi connectivity index (χ0v) is 13.5. The molecule has 1 saturated carbocycles. The third kappa shape index (κ3) is 3.95. The number of amides is 2. The van der Waals surface area contributed by atoms with Gasteiger partial charge in [0.05, 0.1) is 11.6 Å². The normalized spacial score (nSPS) is 19.3. The molecule has 2 fully saturated rings. The molecule has 0 atom stereocenters. The number of hydrogen-bond acceptors (Lipinski definition) is 3. The molecule has 23 heavy (non-hydrogen) atoms. The third-order valence-corrected chi connectivity index (χ3v) is 4.86. The summed E-state index contributed by atoms with van der Waals surface area (Å²) >= 11 is 0. The maximum Gasteiger partial charge on any atom is 0.317 e. The fraction of sp³-hybridized carbons (Fsp3) is 0.556. The van der Waals surface area contributed by atoms with Crippen molar-refractivity contribution in [2.24, 2.45) is 0 Å². The zero-order valence-electron chi connectivity index (χ0n) is 13.5. The minimum atomic E-state index is 0.0939. The Morgan fingerprint density at radius 3 is 2.30 bits per heavy atom. The van der Waals surface area contributed by atoms with Gasteiger partial charge >= 0.3 is 6.03 Å². The van der Waals surface area contributed by atoms with Crippen LogP contribution in [0, 0.1) is 11.3 Å². The summed E-state index contributed by atoms with van der Waals surface area (Å²) in [6, 6.07) is 10.3. The van der Waals surface area contributed by atoms with E-state index in [1.54, 1.807) is 0 Å². The number of anilines is 1. The van der Waals surface area contributed by atoms with E-state index in [-0.39, 0.29) is 6.03 Å². The molecule has 1 saturated heterocycles. The maximum atomic E-state index is 12.4. The van der Waals surface area contributed by atoms with Crippen molar-refractivity contribution in [1.29, 1.82) is 5.26 Å². The molecule has 1 heterocycles. The fourth-order valence-corrected chi connectivity index (χ4v) is 3.43. The summed E-state index contributed by atoms with van der Waals surface area (Å²) in [5.74, 6) is 0. The molecule has 0 bridgehead atoms. The summed E-state index contributed by atoms with van der Waals surface area (Å²) in [5.41, 5.74) is 1.80. The number of rotatable bonds is 2. The van der Waals surface area contributed by atoms with Crippen LogP contribution in [0.2, 0.25) is 0 Å². The van der Waals surface area contributed by atoms with Gasteiger partial charge in [-0.2, -0.15) is 5.26 Å². The number of carbonyl (C=O) groups is 1. The molecule has 0 aromatic heterocycles. The number of benzene rings is 1. The minimum Gasteiger partial charge on any atom is -0.368 e. The second kappa shape index (κ2) is 7.36. The van der Waals surface area contributed by atoms with Crippen molar-refractivity contribution in [1.82, 2.24) is 10.2 Å². The lowest BCUT2D eigenvalue weighted by atomic mass is 9.96. The molecule has 0 spiro atoms. The SMILES string of the molecule is N#Cc1ccc(N2CCN(C(=O)NC3CCCCC3)CC2)cc1. The zero-order chi connectivity index (χ0) is 16.1. The number of carbonyl (C=O) groups excluding carboxylic acids is 1. The van der Waals surface area contributed by atoms with Crippen LogP contribution in [0.5, 0.6) is 0 Å². The van der Waals surface area contributed by atoms with Crippen LogP contribution < -0.4 is 10.2 Å². The molecule has 1 aromatic rings. The van der Waals surface area contributed by atoms with Crippen LogP contribution in [0.1, 0.15) is 37.7 Å². The van der Waals surface area contributed by atoms with Crippen molar-refractivity contribution in [2.75, 3.05) is 31.1 Å². The highest BCUT2D eigenvalue weighted by Gasteiger charge is 2.23. The van der Waals surface area contributed by atoms with Gasteiger partial charge in [0.2, 0.25) is 0 Å². The molecule has 1 aromatic carbocycles. The first-order chi connectivity index (χ1) is 11.3. The molecule has 1 N–H and O–H groups in total. The van der Waals surface area contributed by atoms with Gasteiger partial charge in [-0.1, -0.05) is 19.3 Å². The second-order valence-electron chi connectivity index (χ2n) is 6.42.